The first-order chi connectivity index (χ1) is 13.0. The summed E-state index contributed by atoms with van der Waals surface area (Å²) in [6.45, 7) is 3.80. The van der Waals surface area contributed by atoms with Gasteiger partial charge in [0.05, 0.1) is 16.8 Å². The molecule has 135 valence electrons. The van der Waals surface area contributed by atoms with E-state index in [1.165, 1.54) is 24.4 Å². The van der Waals surface area contributed by atoms with Crippen LogP contribution in [0.4, 0.5) is 4.39 Å². The van der Waals surface area contributed by atoms with Gasteiger partial charge in [0.25, 0.3) is 10.0 Å². The van der Waals surface area contributed by atoms with Gasteiger partial charge < -0.3 is 0 Å². The number of aromatic nitrogens is 3. The first-order valence-electron chi connectivity index (χ1n) is 8.11. The lowest BCUT2D eigenvalue weighted by Gasteiger charge is -2.12. The van der Waals surface area contributed by atoms with Crippen LogP contribution in [0.25, 0.3) is 22.4 Å². The van der Waals surface area contributed by atoms with Crippen molar-refractivity contribution in [2.45, 2.75) is 4.90 Å². The first kappa shape index (κ1) is 17.2. The Bertz CT molecular complexity index is 1210. The molecule has 7 heteroatoms. The molecule has 4 rings (SSSR count). The Kier molecular flexibility index (Phi) is 4.16. The number of nitrogens with zero attached hydrogens (tertiary/aromatic N) is 2. The van der Waals surface area contributed by atoms with Crippen molar-refractivity contribution in [1.29, 1.82) is 0 Å². The van der Waals surface area contributed by atoms with Crippen LogP contribution in [0, 0.1) is 12.7 Å². The third kappa shape index (κ3) is 3.06. The number of rotatable bonds is 4. The molecule has 0 aliphatic rings. The van der Waals surface area contributed by atoms with Crippen LogP contribution in [0.1, 0.15) is 5.56 Å². The van der Waals surface area contributed by atoms with Crippen LogP contribution in [-0.2, 0) is 10.0 Å². The van der Waals surface area contributed by atoms with Gasteiger partial charge in [-0.05, 0) is 48.4 Å². The fourth-order valence-electron chi connectivity index (χ4n) is 2.92. The molecule has 2 heterocycles. The molecular weight excluding hydrogens is 365 g/mol. The fourth-order valence-corrected chi connectivity index (χ4v) is 4.36. The zero-order valence-electron chi connectivity index (χ0n) is 14.1. The summed E-state index contributed by atoms with van der Waals surface area (Å²) in [5.41, 5.74) is 2.38. The van der Waals surface area contributed by atoms with Gasteiger partial charge in [-0.15, -0.1) is 0 Å². The summed E-state index contributed by atoms with van der Waals surface area (Å²) in [5.74, 6) is -0.501. The molecule has 0 atom stereocenters. The molecule has 0 aliphatic carbocycles. The average molecular weight is 380 g/mol. The minimum absolute atomic E-state index is 0.0920. The number of aromatic amines is 1. The highest BCUT2D eigenvalue weighted by Crippen LogP contribution is 2.30. The average Bonchev–Trinajstić information content (AvgIpc) is 3.32. The van der Waals surface area contributed by atoms with Crippen LogP contribution in [0.2, 0.25) is 0 Å². The van der Waals surface area contributed by atoms with E-state index in [-0.39, 0.29) is 16.2 Å². The highest BCUT2D eigenvalue weighted by atomic mass is 32.2. The molecule has 0 saturated carbocycles. The molecule has 2 aromatic carbocycles. The van der Waals surface area contributed by atoms with Crippen molar-refractivity contribution in [2.24, 2.45) is 0 Å². The van der Waals surface area contributed by atoms with E-state index < -0.39 is 15.8 Å². The molecule has 1 radical (unpaired) electrons. The van der Waals surface area contributed by atoms with E-state index in [1.54, 1.807) is 48.8 Å². The second kappa shape index (κ2) is 6.51. The fraction of sp³-hybridized carbons (Fsp3) is 0. The maximum Gasteiger partial charge on any atom is 0.268 e. The molecule has 0 fully saturated rings. The minimum Gasteiger partial charge on any atom is -0.285 e. The maximum atomic E-state index is 14.3. The largest absolute Gasteiger partial charge is 0.285 e. The summed E-state index contributed by atoms with van der Waals surface area (Å²) in [4.78, 5) is 0.0920. The molecule has 1 N–H and O–H groups in total. The van der Waals surface area contributed by atoms with Gasteiger partial charge in [-0.3, -0.25) is 5.10 Å². The normalized spacial score (nSPS) is 11.6. The monoisotopic (exact) mass is 380 g/mol. The molecule has 0 bridgehead atoms. The molecule has 27 heavy (non-hydrogen) atoms. The Labute approximate surface area is 156 Å². The molecule has 2 aromatic heterocycles. The first-order valence-corrected chi connectivity index (χ1v) is 9.55. The van der Waals surface area contributed by atoms with Gasteiger partial charge in [0, 0.05) is 23.5 Å². The predicted molar refractivity (Wildman–Crippen MR) is 101 cm³/mol. The van der Waals surface area contributed by atoms with Crippen molar-refractivity contribution in [3.8, 4) is 22.4 Å². The van der Waals surface area contributed by atoms with E-state index >= 15 is 0 Å². The number of hydrogen-bond acceptors (Lipinski definition) is 3. The van der Waals surface area contributed by atoms with Crippen molar-refractivity contribution < 1.29 is 12.8 Å². The van der Waals surface area contributed by atoms with Crippen molar-refractivity contribution in [3.63, 3.8) is 0 Å². The van der Waals surface area contributed by atoms with Gasteiger partial charge in [-0.1, -0.05) is 24.3 Å². The van der Waals surface area contributed by atoms with Gasteiger partial charge in [0.1, 0.15) is 5.82 Å². The molecule has 5 nitrogen and oxygen atoms in total. The van der Waals surface area contributed by atoms with Crippen LogP contribution in [0.3, 0.4) is 0 Å². The Balaban J connectivity index is 1.87. The Morgan fingerprint density at radius 2 is 1.85 bits per heavy atom. The van der Waals surface area contributed by atoms with Crippen LogP contribution < -0.4 is 0 Å². The van der Waals surface area contributed by atoms with Gasteiger partial charge in [0.2, 0.25) is 0 Å². The summed E-state index contributed by atoms with van der Waals surface area (Å²) in [7, 11) is -3.95. The standard InChI is InChI=1S/C20H15FN3O2S/c1-14-9-20(18-7-2-3-8-19(18)21)24(13-14)27(25,26)17-6-4-5-15(10-17)16-11-22-23-12-16/h2-13H,1H2,(H,22,23). The number of hydrogen-bond donors (Lipinski definition) is 1. The number of nitrogens with one attached hydrogen (secondary N) is 1. The Morgan fingerprint density at radius 3 is 2.59 bits per heavy atom. The quantitative estimate of drug-likeness (QED) is 0.579. The van der Waals surface area contributed by atoms with Crippen molar-refractivity contribution in [3.05, 3.63) is 91.5 Å². The van der Waals surface area contributed by atoms with E-state index in [1.807, 2.05) is 0 Å². The zero-order valence-corrected chi connectivity index (χ0v) is 14.9. The third-order valence-corrected chi connectivity index (χ3v) is 5.88. The van der Waals surface area contributed by atoms with Crippen molar-refractivity contribution in [2.75, 3.05) is 0 Å². The summed E-state index contributed by atoms with van der Waals surface area (Å²) < 4.78 is 41.9. The van der Waals surface area contributed by atoms with E-state index in [0.717, 1.165) is 9.54 Å². The summed E-state index contributed by atoms with van der Waals surface area (Å²) >= 11 is 0. The van der Waals surface area contributed by atoms with Gasteiger partial charge in [-0.25, -0.2) is 16.8 Å². The minimum atomic E-state index is -3.95. The van der Waals surface area contributed by atoms with E-state index in [4.69, 9.17) is 0 Å². The molecule has 0 unspecified atom stereocenters. The predicted octanol–water partition coefficient (Wildman–Crippen LogP) is 4.10. The highest BCUT2D eigenvalue weighted by molar-refractivity contribution is 7.90. The number of benzene rings is 2. The zero-order chi connectivity index (χ0) is 19.0. The lowest BCUT2D eigenvalue weighted by atomic mass is 10.1. The molecule has 4 aromatic rings. The van der Waals surface area contributed by atoms with Crippen LogP contribution in [0.15, 0.2) is 78.1 Å². The van der Waals surface area contributed by atoms with E-state index in [2.05, 4.69) is 17.1 Å². The smallest absolute Gasteiger partial charge is 0.268 e. The number of halogens is 1. The Hall–Kier alpha value is -3.19. The third-order valence-electron chi connectivity index (χ3n) is 4.21. The lowest BCUT2D eigenvalue weighted by Crippen LogP contribution is -2.13. The molecule has 0 saturated heterocycles. The molecular formula is C20H15FN3O2S. The lowest BCUT2D eigenvalue weighted by molar-refractivity contribution is 0.587. The van der Waals surface area contributed by atoms with Crippen LogP contribution >= 0.6 is 0 Å². The Morgan fingerprint density at radius 1 is 1.04 bits per heavy atom. The summed E-state index contributed by atoms with van der Waals surface area (Å²) in [6, 6.07) is 14.1. The summed E-state index contributed by atoms with van der Waals surface area (Å²) in [5, 5.41) is 6.59. The van der Waals surface area contributed by atoms with Gasteiger partial charge in [0.15, 0.2) is 0 Å². The van der Waals surface area contributed by atoms with Gasteiger partial charge in [-0.2, -0.15) is 5.10 Å². The van der Waals surface area contributed by atoms with Crippen molar-refractivity contribution in [1.82, 2.24) is 14.2 Å². The molecule has 0 aliphatic heterocycles. The SMILES string of the molecule is [CH2]c1cc(-c2ccccc2F)n(S(=O)(=O)c2cccc(-c3cn[nH]c3)c2)c1. The topological polar surface area (TPSA) is 67.8 Å². The van der Waals surface area contributed by atoms with E-state index in [0.29, 0.717) is 11.1 Å². The maximum absolute atomic E-state index is 14.3. The van der Waals surface area contributed by atoms with Crippen LogP contribution in [-0.4, -0.2) is 22.6 Å². The second-order valence-corrected chi connectivity index (χ2v) is 7.84. The van der Waals surface area contributed by atoms with Crippen LogP contribution in [0.5, 0.6) is 0 Å². The molecule has 0 amide bonds. The van der Waals surface area contributed by atoms with E-state index in [9.17, 15) is 12.8 Å². The highest BCUT2D eigenvalue weighted by Gasteiger charge is 2.23. The number of H-pyrrole nitrogens is 1. The second-order valence-electron chi connectivity index (χ2n) is 6.03. The van der Waals surface area contributed by atoms with Crippen molar-refractivity contribution >= 4 is 10.0 Å². The molecule has 0 spiro atoms. The summed E-state index contributed by atoms with van der Waals surface area (Å²) in [6.07, 6.45) is 4.68. The van der Waals surface area contributed by atoms with Gasteiger partial charge >= 0.3 is 0 Å².